The Balaban J connectivity index is 1.50. The number of esters is 2. The molecule has 12 heteroatoms. The average Bonchev–Trinajstić information content (AvgIpc) is 2.96. The van der Waals surface area contributed by atoms with Gasteiger partial charge in [-0.15, -0.1) is 0 Å². The first-order valence-corrected chi connectivity index (χ1v) is 12.7. The quantitative estimate of drug-likeness (QED) is 0.237. The van der Waals surface area contributed by atoms with Gasteiger partial charge in [0.25, 0.3) is 5.91 Å². The van der Waals surface area contributed by atoms with E-state index in [1.807, 2.05) is 30.3 Å². The molecule has 0 aliphatic carbocycles. The Morgan fingerprint density at radius 2 is 1.65 bits per heavy atom. The van der Waals surface area contributed by atoms with E-state index in [1.165, 1.54) is 0 Å². The number of amides is 1. The lowest BCUT2D eigenvalue weighted by atomic mass is 10.1. The van der Waals surface area contributed by atoms with Crippen LogP contribution in [-0.2, 0) is 19.1 Å². The van der Waals surface area contributed by atoms with E-state index in [0.29, 0.717) is 33.9 Å². The highest BCUT2D eigenvalue weighted by Gasteiger charge is 2.24. The van der Waals surface area contributed by atoms with Crippen LogP contribution in [0.3, 0.4) is 0 Å². The second-order valence-corrected chi connectivity index (χ2v) is 8.55. The highest BCUT2D eigenvalue weighted by Crippen LogP contribution is 2.25. The molecule has 12 nitrogen and oxygen atoms in total. The van der Waals surface area contributed by atoms with Crippen LogP contribution in [0.1, 0.15) is 37.0 Å². The molecule has 0 spiro atoms. The number of nitrogens with one attached hydrogen (secondary N) is 2. The van der Waals surface area contributed by atoms with E-state index in [9.17, 15) is 14.4 Å². The molecule has 2 aromatic carbocycles. The van der Waals surface area contributed by atoms with Crippen molar-refractivity contribution in [1.82, 2.24) is 25.3 Å². The molecule has 2 heterocycles. The van der Waals surface area contributed by atoms with Gasteiger partial charge < -0.3 is 25.8 Å². The van der Waals surface area contributed by atoms with E-state index in [2.05, 4.69) is 30.6 Å². The number of carbonyl (C=O) groups is 3. The van der Waals surface area contributed by atoms with Gasteiger partial charge in [-0.1, -0.05) is 30.3 Å². The number of hydrogen-bond donors (Lipinski definition) is 3. The number of ether oxygens (including phenoxy) is 2. The zero-order chi connectivity index (χ0) is 28.5. The van der Waals surface area contributed by atoms with Crippen molar-refractivity contribution in [3.05, 3.63) is 66.4 Å². The van der Waals surface area contributed by atoms with Crippen LogP contribution in [0.25, 0.3) is 22.4 Å². The van der Waals surface area contributed by atoms with Crippen molar-refractivity contribution in [1.29, 1.82) is 0 Å². The number of nitrogens with zero attached hydrogens (tertiary/aromatic N) is 4. The molecule has 1 atom stereocenters. The summed E-state index contributed by atoms with van der Waals surface area (Å²) in [7, 11) is 0. The number of benzene rings is 2. The third kappa shape index (κ3) is 7.04. The van der Waals surface area contributed by atoms with E-state index in [4.69, 9.17) is 15.2 Å². The minimum absolute atomic E-state index is 0.0283. The maximum absolute atomic E-state index is 12.9. The molecule has 0 fully saturated rings. The van der Waals surface area contributed by atoms with Gasteiger partial charge in [-0.3, -0.25) is 9.59 Å². The van der Waals surface area contributed by atoms with Crippen molar-refractivity contribution in [2.24, 2.45) is 0 Å². The molecule has 0 saturated carbocycles. The number of carbonyl (C=O) groups excluding carboxylic acids is 3. The van der Waals surface area contributed by atoms with Gasteiger partial charge in [-0.2, -0.15) is 9.97 Å². The molecule has 0 bridgehead atoms. The Kier molecular flexibility index (Phi) is 9.13. The lowest BCUT2D eigenvalue weighted by molar-refractivity contribution is -0.146. The monoisotopic (exact) mass is 543 g/mol. The van der Waals surface area contributed by atoms with Gasteiger partial charge in [-0.25, -0.2) is 14.8 Å². The van der Waals surface area contributed by atoms with Gasteiger partial charge in [0.15, 0.2) is 17.0 Å². The predicted octanol–water partition coefficient (Wildman–Crippen LogP) is 3.42. The maximum Gasteiger partial charge on any atom is 0.328 e. The number of nitrogen functional groups attached to an aromatic ring is 1. The SMILES string of the molecule is CCOC(=O)CC[C@H](NC(=O)c1ccc(Nc2nc(N)nc3ncc(-c4ccccc4)nc23)cc1)C(=O)OCC. The smallest absolute Gasteiger partial charge is 0.328 e. The molecule has 206 valence electrons. The molecule has 0 aliphatic rings. The van der Waals surface area contributed by atoms with Crippen LogP contribution in [-0.4, -0.2) is 57.0 Å². The summed E-state index contributed by atoms with van der Waals surface area (Å²) >= 11 is 0. The van der Waals surface area contributed by atoms with E-state index in [-0.39, 0.29) is 32.0 Å². The Bertz CT molecular complexity index is 1500. The summed E-state index contributed by atoms with van der Waals surface area (Å²) in [6.07, 6.45) is 1.64. The van der Waals surface area contributed by atoms with Gasteiger partial charge in [0.2, 0.25) is 5.95 Å². The molecule has 1 amide bonds. The molecular formula is C28H29N7O5. The van der Waals surface area contributed by atoms with E-state index >= 15 is 0 Å². The number of fused-ring (bicyclic) bond motifs is 1. The molecule has 2 aromatic heterocycles. The van der Waals surface area contributed by atoms with Crippen LogP contribution < -0.4 is 16.4 Å². The number of hydrogen-bond acceptors (Lipinski definition) is 11. The Hall–Kier alpha value is -5.13. The van der Waals surface area contributed by atoms with E-state index in [1.54, 1.807) is 44.3 Å². The molecular weight excluding hydrogens is 514 g/mol. The van der Waals surface area contributed by atoms with Gasteiger partial charge >= 0.3 is 11.9 Å². The lowest BCUT2D eigenvalue weighted by Gasteiger charge is -2.17. The summed E-state index contributed by atoms with van der Waals surface area (Å²) < 4.78 is 9.96. The highest BCUT2D eigenvalue weighted by molar-refractivity contribution is 5.97. The third-order valence-corrected chi connectivity index (χ3v) is 5.72. The number of anilines is 3. The Labute approximate surface area is 230 Å². The van der Waals surface area contributed by atoms with Crippen molar-refractivity contribution in [2.45, 2.75) is 32.7 Å². The summed E-state index contributed by atoms with van der Waals surface area (Å²) in [6.45, 7) is 3.73. The average molecular weight is 544 g/mol. The van der Waals surface area contributed by atoms with Crippen molar-refractivity contribution in [3.63, 3.8) is 0 Å². The standard InChI is InChI=1S/C28H29N7O5/c1-3-39-22(36)15-14-20(27(38)40-4-2)33-26(37)18-10-12-19(13-11-18)31-25-23-24(34-28(29)35-25)30-16-21(32-23)17-8-6-5-7-9-17/h5-13,16,20H,3-4,14-15H2,1-2H3,(H,33,37)(H3,29,30,31,34,35)/t20-/m0/s1. The Morgan fingerprint density at radius 3 is 2.35 bits per heavy atom. The summed E-state index contributed by atoms with van der Waals surface area (Å²) in [6, 6.07) is 15.1. The largest absolute Gasteiger partial charge is 0.466 e. The summed E-state index contributed by atoms with van der Waals surface area (Å²) in [5, 5.41) is 5.80. The molecule has 40 heavy (non-hydrogen) atoms. The van der Waals surface area contributed by atoms with Gasteiger partial charge in [0, 0.05) is 23.2 Å². The first kappa shape index (κ1) is 27.9. The topological polar surface area (TPSA) is 171 Å². The summed E-state index contributed by atoms with van der Waals surface area (Å²) in [4.78, 5) is 54.5. The van der Waals surface area contributed by atoms with Gasteiger partial charge in [0.1, 0.15) is 6.04 Å². The van der Waals surface area contributed by atoms with Crippen LogP contribution in [0.15, 0.2) is 60.8 Å². The first-order chi connectivity index (χ1) is 19.4. The van der Waals surface area contributed by atoms with Crippen molar-refractivity contribution >= 4 is 46.5 Å². The molecule has 4 rings (SSSR count). The summed E-state index contributed by atoms with van der Waals surface area (Å²) in [5.74, 6) is -1.20. The fourth-order valence-corrected chi connectivity index (χ4v) is 3.83. The predicted molar refractivity (Wildman–Crippen MR) is 148 cm³/mol. The number of nitrogens with two attached hydrogens (primary N) is 1. The van der Waals surface area contributed by atoms with Crippen molar-refractivity contribution < 1.29 is 23.9 Å². The third-order valence-electron chi connectivity index (χ3n) is 5.72. The first-order valence-electron chi connectivity index (χ1n) is 12.7. The molecule has 0 radical (unpaired) electrons. The Morgan fingerprint density at radius 1 is 0.925 bits per heavy atom. The minimum atomic E-state index is -0.998. The van der Waals surface area contributed by atoms with Crippen LogP contribution >= 0.6 is 0 Å². The zero-order valence-corrected chi connectivity index (χ0v) is 22.1. The van der Waals surface area contributed by atoms with Crippen LogP contribution in [0, 0.1) is 0 Å². The molecule has 0 unspecified atom stereocenters. The van der Waals surface area contributed by atoms with Crippen LogP contribution in [0.2, 0.25) is 0 Å². The number of aromatic nitrogens is 4. The number of rotatable bonds is 11. The van der Waals surface area contributed by atoms with E-state index in [0.717, 1.165) is 5.56 Å². The zero-order valence-electron chi connectivity index (χ0n) is 22.1. The fourth-order valence-electron chi connectivity index (χ4n) is 3.83. The molecule has 4 aromatic rings. The second-order valence-electron chi connectivity index (χ2n) is 8.55. The van der Waals surface area contributed by atoms with Gasteiger partial charge in [0.05, 0.1) is 25.1 Å². The van der Waals surface area contributed by atoms with Crippen molar-refractivity contribution in [2.75, 3.05) is 24.3 Å². The van der Waals surface area contributed by atoms with Crippen molar-refractivity contribution in [3.8, 4) is 11.3 Å². The minimum Gasteiger partial charge on any atom is -0.466 e. The maximum atomic E-state index is 12.9. The summed E-state index contributed by atoms with van der Waals surface area (Å²) in [5.41, 5.74) is 9.09. The molecule has 4 N–H and O–H groups in total. The second kappa shape index (κ2) is 13.1. The fraction of sp³-hybridized carbons (Fsp3) is 0.250. The normalized spacial score (nSPS) is 11.4. The van der Waals surface area contributed by atoms with Crippen LogP contribution in [0.4, 0.5) is 17.5 Å². The molecule has 0 aliphatic heterocycles. The highest BCUT2D eigenvalue weighted by atomic mass is 16.5. The van der Waals surface area contributed by atoms with E-state index < -0.39 is 23.9 Å². The van der Waals surface area contributed by atoms with Crippen LogP contribution in [0.5, 0.6) is 0 Å². The lowest BCUT2D eigenvalue weighted by Crippen LogP contribution is -2.42. The van der Waals surface area contributed by atoms with Gasteiger partial charge in [-0.05, 0) is 44.5 Å². The molecule has 0 saturated heterocycles.